The Hall–Kier alpha value is -1.16. The van der Waals surface area contributed by atoms with E-state index in [4.69, 9.17) is 11.6 Å². The number of hydrogen-bond donors (Lipinski definition) is 1. The van der Waals surface area contributed by atoms with Gasteiger partial charge in [0.1, 0.15) is 5.54 Å². The Morgan fingerprint density at radius 3 is 2.35 bits per heavy atom. The summed E-state index contributed by atoms with van der Waals surface area (Å²) in [6, 6.07) is 4.85. The summed E-state index contributed by atoms with van der Waals surface area (Å²) in [6.07, 6.45) is -1.60. The molecule has 5 heteroatoms. The molecule has 0 aromatic heterocycles. The Kier molecular flexibility index (Phi) is 3.80. The molecule has 1 N–H and O–H groups in total. The molecule has 0 aliphatic carbocycles. The summed E-state index contributed by atoms with van der Waals surface area (Å²) in [4.78, 5) is 12.5. The van der Waals surface area contributed by atoms with Crippen molar-refractivity contribution in [1.82, 2.24) is 5.32 Å². The number of hydrogen-bond acceptors (Lipinski definition) is 1. The quantitative estimate of drug-likeness (QED) is 0.898. The lowest BCUT2D eigenvalue weighted by Gasteiger charge is -2.45. The molecule has 0 saturated carbocycles. The Morgan fingerprint density at radius 2 is 1.85 bits per heavy atom. The number of benzene rings is 1. The molecule has 1 aromatic rings. The first-order valence-electron chi connectivity index (χ1n) is 6.73. The van der Waals surface area contributed by atoms with Crippen LogP contribution < -0.4 is 5.32 Å². The topological polar surface area (TPSA) is 29.1 Å². The zero-order valence-electron chi connectivity index (χ0n) is 11.8. The van der Waals surface area contributed by atoms with Crippen LogP contribution in [0, 0.1) is 0 Å². The van der Waals surface area contributed by atoms with Gasteiger partial charge in [0.25, 0.3) is 6.43 Å². The maximum Gasteiger partial charge on any atom is 0.265 e. The molecule has 1 aliphatic rings. The van der Waals surface area contributed by atoms with Crippen molar-refractivity contribution >= 4 is 17.5 Å². The maximum absolute atomic E-state index is 13.5. The van der Waals surface area contributed by atoms with Crippen LogP contribution >= 0.6 is 11.6 Å². The summed E-state index contributed by atoms with van der Waals surface area (Å²) in [5.41, 5.74) is -1.36. The number of carbonyl (C=O) groups excluding carboxylic acids is 1. The van der Waals surface area contributed by atoms with Crippen LogP contribution in [0.1, 0.15) is 44.7 Å². The van der Waals surface area contributed by atoms with E-state index < -0.39 is 17.4 Å². The third-order valence-corrected chi connectivity index (χ3v) is 4.74. The molecule has 1 heterocycles. The lowest BCUT2D eigenvalue weighted by atomic mass is 9.66. The highest BCUT2D eigenvalue weighted by Crippen LogP contribution is 2.45. The van der Waals surface area contributed by atoms with E-state index in [1.165, 1.54) is 6.92 Å². The predicted octanol–water partition coefficient (Wildman–Crippen LogP) is 4.01. The van der Waals surface area contributed by atoms with Gasteiger partial charge < -0.3 is 5.32 Å². The molecule has 0 fully saturated rings. The molecule has 2 nitrogen and oxygen atoms in total. The molecule has 110 valence electrons. The van der Waals surface area contributed by atoms with Gasteiger partial charge in [-0.2, -0.15) is 0 Å². The molecular weight excluding hydrogens is 284 g/mol. The van der Waals surface area contributed by atoms with Crippen LogP contribution in [0.2, 0.25) is 5.02 Å². The first-order valence-corrected chi connectivity index (χ1v) is 7.11. The Morgan fingerprint density at radius 1 is 1.25 bits per heavy atom. The van der Waals surface area contributed by atoms with E-state index in [9.17, 15) is 13.6 Å². The third kappa shape index (κ3) is 1.93. The van der Waals surface area contributed by atoms with E-state index in [2.05, 4.69) is 5.32 Å². The van der Waals surface area contributed by atoms with Crippen LogP contribution in [-0.2, 0) is 15.7 Å². The van der Waals surface area contributed by atoms with Crippen molar-refractivity contribution in [2.24, 2.45) is 0 Å². The fourth-order valence-electron chi connectivity index (χ4n) is 3.03. The molecule has 0 bridgehead atoms. The van der Waals surface area contributed by atoms with Crippen LogP contribution in [0.15, 0.2) is 18.2 Å². The molecule has 0 radical (unpaired) electrons. The highest BCUT2D eigenvalue weighted by molar-refractivity contribution is 6.30. The summed E-state index contributed by atoms with van der Waals surface area (Å²) in [5.74, 6) is -0.347. The Labute approximate surface area is 122 Å². The van der Waals surface area contributed by atoms with Crippen molar-refractivity contribution in [3.05, 3.63) is 34.3 Å². The average Bonchev–Trinajstić information content (AvgIpc) is 2.39. The Bertz CT molecular complexity index is 543. The average molecular weight is 302 g/mol. The fraction of sp³-hybridized carbons (Fsp3) is 0.533. The van der Waals surface area contributed by atoms with E-state index in [1.807, 2.05) is 13.8 Å². The second-order valence-corrected chi connectivity index (χ2v) is 5.87. The van der Waals surface area contributed by atoms with Gasteiger partial charge in [-0.1, -0.05) is 31.5 Å². The number of nitrogens with one attached hydrogen (secondary N) is 1. The number of carbonyl (C=O) groups is 1. The second-order valence-electron chi connectivity index (χ2n) is 5.44. The number of halogens is 3. The van der Waals surface area contributed by atoms with Crippen molar-refractivity contribution in [1.29, 1.82) is 0 Å². The maximum atomic E-state index is 13.5. The van der Waals surface area contributed by atoms with Gasteiger partial charge in [-0.25, -0.2) is 8.78 Å². The van der Waals surface area contributed by atoms with E-state index >= 15 is 0 Å². The standard InChI is InChI=1S/C15H18ClF2NO/c1-4-15(5-2)11-8-9(16)6-7-10(11)14(3,12(17)18)19-13(15)20/h6-8,12H,4-5H2,1-3H3,(H,19,20). The lowest BCUT2D eigenvalue weighted by Crippen LogP contribution is -2.60. The lowest BCUT2D eigenvalue weighted by molar-refractivity contribution is -0.133. The van der Waals surface area contributed by atoms with E-state index in [0.717, 1.165) is 0 Å². The van der Waals surface area contributed by atoms with Gasteiger partial charge in [0, 0.05) is 5.02 Å². The zero-order valence-corrected chi connectivity index (χ0v) is 12.5. The first-order chi connectivity index (χ1) is 9.31. The van der Waals surface area contributed by atoms with Gasteiger partial charge in [-0.05, 0) is 43.0 Å². The van der Waals surface area contributed by atoms with Gasteiger partial charge in [0.2, 0.25) is 5.91 Å². The van der Waals surface area contributed by atoms with Gasteiger partial charge >= 0.3 is 0 Å². The van der Waals surface area contributed by atoms with E-state index in [1.54, 1.807) is 18.2 Å². The molecule has 1 aromatic carbocycles. The largest absolute Gasteiger partial charge is 0.340 e. The highest BCUT2D eigenvalue weighted by atomic mass is 35.5. The summed E-state index contributed by atoms with van der Waals surface area (Å²) in [7, 11) is 0. The van der Waals surface area contributed by atoms with Crippen LogP contribution in [0.3, 0.4) is 0 Å². The summed E-state index contributed by atoms with van der Waals surface area (Å²) < 4.78 is 26.9. The van der Waals surface area contributed by atoms with Crippen molar-refractivity contribution in [3.63, 3.8) is 0 Å². The van der Waals surface area contributed by atoms with Crippen LogP contribution in [0.5, 0.6) is 0 Å². The second kappa shape index (κ2) is 4.99. The number of fused-ring (bicyclic) bond motifs is 1. The highest BCUT2D eigenvalue weighted by Gasteiger charge is 2.52. The predicted molar refractivity (Wildman–Crippen MR) is 75.2 cm³/mol. The summed E-state index contributed by atoms with van der Waals surface area (Å²) in [6.45, 7) is 5.13. The van der Waals surface area contributed by atoms with Gasteiger partial charge in [0.05, 0.1) is 5.41 Å². The van der Waals surface area contributed by atoms with Gasteiger partial charge in [-0.15, -0.1) is 0 Å². The Balaban J connectivity index is 2.77. The van der Waals surface area contributed by atoms with Gasteiger partial charge in [0.15, 0.2) is 0 Å². The molecule has 1 aliphatic heterocycles. The minimum atomic E-state index is -2.68. The van der Waals surface area contributed by atoms with Crippen molar-refractivity contribution in [2.75, 3.05) is 0 Å². The zero-order chi connectivity index (χ0) is 15.1. The first kappa shape index (κ1) is 15.2. The molecule has 0 spiro atoms. The third-order valence-electron chi connectivity index (χ3n) is 4.51. The normalized spacial score (nSPS) is 24.4. The van der Waals surface area contributed by atoms with Crippen molar-refractivity contribution in [3.8, 4) is 0 Å². The molecule has 1 unspecified atom stereocenters. The SMILES string of the molecule is CCC1(CC)C(=O)NC(C)(C(F)F)c2ccc(Cl)cc21. The molecule has 0 saturated heterocycles. The number of rotatable bonds is 3. The molecule has 2 rings (SSSR count). The van der Waals surface area contributed by atoms with E-state index in [0.29, 0.717) is 29.0 Å². The van der Waals surface area contributed by atoms with Crippen molar-refractivity contribution in [2.45, 2.75) is 51.0 Å². The molecule has 1 atom stereocenters. The fourth-order valence-corrected chi connectivity index (χ4v) is 3.21. The number of alkyl halides is 2. The molecule has 20 heavy (non-hydrogen) atoms. The molecule has 1 amide bonds. The minimum absolute atomic E-state index is 0.347. The van der Waals surface area contributed by atoms with Crippen LogP contribution in [-0.4, -0.2) is 12.3 Å². The van der Waals surface area contributed by atoms with Crippen LogP contribution in [0.25, 0.3) is 0 Å². The monoisotopic (exact) mass is 301 g/mol. The minimum Gasteiger partial charge on any atom is -0.340 e. The number of amides is 1. The summed E-state index contributed by atoms with van der Waals surface area (Å²) in [5, 5.41) is 2.99. The van der Waals surface area contributed by atoms with Crippen molar-refractivity contribution < 1.29 is 13.6 Å². The molecular formula is C15H18ClF2NO. The van der Waals surface area contributed by atoms with E-state index in [-0.39, 0.29) is 5.91 Å². The smallest absolute Gasteiger partial charge is 0.265 e. The van der Waals surface area contributed by atoms with Gasteiger partial charge in [-0.3, -0.25) is 4.79 Å². The van der Waals surface area contributed by atoms with Crippen LogP contribution in [0.4, 0.5) is 8.78 Å². The summed E-state index contributed by atoms with van der Waals surface area (Å²) >= 11 is 6.02.